The maximum absolute atomic E-state index is 7.21. The molecule has 3 aliphatic heterocycles. The van der Waals surface area contributed by atoms with E-state index < -0.39 is 0 Å². The van der Waals surface area contributed by atoms with Crippen molar-refractivity contribution in [3.63, 3.8) is 0 Å². The third kappa shape index (κ3) is 4.78. The van der Waals surface area contributed by atoms with Crippen molar-refractivity contribution in [1.29, 1.82) is 0 Å². The minimum Gasteiger partial charge on any atom is -0.455 e. The highest BCUT2D eigenvalue weighted by Gasteiger charge is 2.62. The van der Waals surface area contributed by atoms with E-state index in [1.165, 1.54) is 75.1 Å². The smallest absolute Gasteiger partial charge is 0.333 e. The summed E-state index contributed by atoms with van der Waals surface area (Å²) in [4.78, 5) is 5.56. The second-order valence-corrected chi connectivity index (χ2v) is 21.6. The van der Waals surface area contributed by atoms with E-state index >= 15 is 0 Å². The number of para-hydroxylation sites is 2. The number of anilines is 4. The molecule has 5 heterocycles. The molecule has 2 atom stereocenters. The molecule has 4 aliphatic rings. The molecule has 5 heteroatoms. The monoisotopic (exact) mass is 820 g/mol. The lowest BCUT2D eigenvalue weighted by Crippen LogP contribution is -2.64. The lowest BCUT2D eigenvalue weighted by molar-refractivity contribution is 0.195. The van der Waals surface area contributed by atoms with Gasteiger partial charge in [0.15, 0.2) is 0 Å². The Morgan fingerprint density at radius 2 is 1.19 bits per heavy atom. The summed E-state index contributed by atoms with van der Waals surface area (Å²) in [5.74, 6) is 0. The van der Waals surface area contributed by atoms with Crippen LogP contribution in [0.3, 0.4) is 0 Å². The Balaban J connectivity index is 1.26. The summed E-state index contributed by atoms with van der Waals surface area (Å²) < 4.78 is 14.4. The van der Waals surface area contributed by atoms with Crippen molar-refractivity contribution in [2.75, 3.05) is 9.71 Å². The van der Waals surface area contributed by atoms with Crippen molar-refractivity contribution < 1.29 is 8.83 Å². The molecule has 0 bridgehead atoms. The maximum Gasteiger partial charge on any atom is 0.333 e. The Bertz CT molecular complexity index is 3430. The molecule has 63 heavy (non-hydrogen) atoms. The molecule has 7 aromatic carbocycles. The molecule has 0 radical (unpaired) electrons. The number of nitrogens with zero attached hydrogens (tertiary/aromatic N) is 2. The Morgan fingerprint density at radius 1 is 0.556 bits per heavy atom. The first-order valence-electron chi connectivity index (χ1n) is 23.2. The predicted octanol–water partition coefficient (Wildman–Crippen LogP) is 14.7. The van der Waals surface area contributed by atoms with Crippen molar-refractivity contribution in [3.05, 3.63) is 144 Å². The van der Waals surface area contributed by atoms with Gasteiger partial charge in [-0.25, -0.2) is 0 Å². The zero-order valence-electron chi connectivity index (χ0n) is 37.7. The molecule has 2 aromatic heterocycles. The number of fused-ring (bicyclic) bond motifs is 15. The highest BCUT2D eigenvalue weighted by molar-refractivity contribution is 6.94. The molecule has 1 aliphatic carbocycles. The van der Waals surface area contributed by atoms with Gasteiger partial charge in [-0.2, -0.15) is 0 Å². The normalized spacial score (nSPS) is 20.2. The Hall–Kier alpha value is -6.20. The van der Waals surface area contributed by atoms with Gasteiger partial charge in [-0.05, 0) is 106 Å². The number of furan rings is 2. The van der Waals surface area contributed by atoms with Crippen molar-refractivity contribution in [2.24, 2.45) is 0 Å². The molecular formula is C58H53BN2O2. The number of benzene rings is 7. The molecule has 0 spiro atoms. The fourth-order valence-corrected chi connectivity index (χ4v) is 12.6. The van der Waals surface area contributed by atoms with Gasteiger partial charge in [0.25, 0.3) is 0 Å². The molecular weight excluding hydrogens is 767 g/mol. The van der Waals surface area contributed by atoms with E-state index in [-0.39, 0.29) is 28.6 Å². The van der Waals surface area contributed by atoms with Crippen LogP contribution in [0.4, 0.5) is 22.7 Å². The summed E-state index contributed by atoms with van der Waals surface area (Å²) in [6, 6.07) is 47.9. The van der Waals surface area contributed by atoms with Crippen molar-refractivity contribution >= 4 is 84.4 Å². The van der Waals surface area contributed by atoms with E-state index in [9.17, 15) is 0 Å². The van der Waals surface area contributed by atoms with Crippen LogP contribution >= 0.6 is 0 Å². The topological polar surface area (TPSA) is 32.8 Å². The zero-order chi connectivity index (χ0) is 42.9. The molecule has 0 saturated heterocycles. The minimum absolute atomic E-state index is 0.0383. The van der Waals surface area contributed by atoms with Gasteiger partial charge in [-0.15, -0.1) is 0 Å². The maximum atomic E-state index is 7.21. The summed E-state index contributed by atoms with van der Waals surface area (Å²) in [5, 5.41) is 4.56. The van der Waals surface area contributed by atoms with Gasteiger partial charge in [0.05, 0.1) is 11.1 Å². The first-order valence-corrected chi connectivity index (χ1v) is 23.2. The second-order valence-electron chi connectivity index (χ2n) is 21.6. The fraction of sp³-hybridized carbons (Fsp3) is 0.276. The number of hydrogen-bond acceptors (Lipinski definition) is 4. The first-order chi connectivity index (χ1) is 30.3. The van der Waals surface area contributed by atoms with Crippen LogP contribution in [0.5, 0.6) is 0 Å². The molecule has 1 saturated carbocycles. The molecule has 2 unspecified atom stereocenters. The third-order valence-electron chi connectivity index (χ3n) is 16.1. The lowest BCUT2D eigenvalue weighted by atomic mass is 9.42. The Labute approximate surface area is 370 Å². The summed E-state index contributed by atoms with van der Waals surface area (Å²) in [7, 11) is 0. The van der Waals surface area contributed by atoms with Crippen molar-refractivity contribution in [3.8, 4) is 22.3 Å². The highest BCUT2D eigenvalue weighted by atomic mass is 16.3. The standard InChI is InChI=1S/C58H53BN2O2/c1-55(2,3)35-24-26-44(40(30-35)34-18-10-9-11-19-34)61-45-27-25-39-37-20-12-14-22-47(37)62-53(39)49(45)50-51-46(33-41-38-21-13-15-23-48(38)63-54(41)50)60-52-42(57(7)28-16-17-29-58(57,60)8)31-36(56(4,5)6)32-43(52)59(51)61/h9-15,18-27,30-33H,16-17,28-29H2,1-8H3. The van der Waals surface area contributed by atoms with Crippen LogP contribution in [0, 0.1) is 0 Å². The van der Waals surface area contributed by atoms with E-state index in [0.29, 0.717) is 0 Å². The van der Waals surface area contributed by atoms with Crippen LogP contribution in [0.15, 0.2) is 136 Å². The van der Waals surface area contributed by atoms with Gasteiger partial charge >= 0.3 is 6.85 Å². The van der Waals surface area contributed by atoms with Crippen LogP contribution in [-0.4, -0.2) is 12.4 Å². The minimum atomic E-state index is -0.162. The van der Waals surface area contributed by atoms with Gasteiger partial charge in [0, 0.05) is 60.8 Å². The van der Waals surface area contributed by atoms with E-state index in [1.807, 2.05) is 0 Å². The van der Waals surface area contributed by atoms with Crippen LogP contribution in [0.25, 0.3) is 66.1 Å². The van der Waals surface area contributed by atoms with Gasteiger partial charge < -0.3 is 18.5 Å². The Kier molecular flexibility index (Phi) is 7.29. The summed E-state index contributed by atoms with van der Waals surface area (Å²) in [6.07, 6.45) is 4.76. The van der Waals surface area contributed by atoms with Gasteiger partial charge in [-0.3, -0.25) is 0 Å². The quantitative estimate of drug-likeness (QED) is 0.163. The summed E-state index contributed by atoms with van der Waals surface area (Å²) in [6.45, 7) is 19.2. The van der Waals surface area contributed by atoms with Gasteiger partial charge in [0.1, 0.15) is 22.3 Å². The average molecular weight is 821 g/mol. The number of hydrogen-bond donors (Lipinski definition) is 0. The molecule has 310 valence electrons. The van der Waals surface area contributed by atoms with Crippen LogP contribution in [-0.2, 0) is 16.2 Å². The van der Waals surface area contributed by atoms with Gasteiger partial charge in [-0.1, -0.05) is 146 Å². The molecule has 9 aromatic rings. The Morgan fingerprint density at radius 3 is 1.90 bits per heavy atom. The molecule has 0 N–H and O–H groups in total. The van der Waals surface area contributed by atoms with E-state index in [1.54, 1.807) is 0 Å². The third-order valence-corrected chi connectivity index (χ3v) is 16.1. The average Bonchev–Trinajstić information content (AvgIpc) is 3.91. The van der Waals surface area contributed by atoms with E-state index in [4.69, 9.17) is 8.83 Å². The predicted molar refractivity (Wildman–Crippen MR) is 266 cm³/mol. The molecule has 0 amide bonds. The lowest BCUT2D eigenvalue weighted by Gasteiger charge is -2.53. The molecule has 4 nitrogen and oxygen atoms in total. The zero-order valence-corrected chi connectivity index (χ0v) is 37.7. The van der Waals surface area contributed by atoms with Crippen molar-refractivity contribution in [2.45, 2.75) is 103 Å². The summed E-state index contributed by atoms with van der Waals surface area (Å²) >= 11 is 0. The number of rotatable bonds is 2. The van der Waals surface area contributed by atoms with E-state index in [2.05, 4.69) is 192 Å². The van der Waals surface area contributed by atoms with Gasteiger partial charge in [0.2, 0.25) is 0 Å². The molecule has 1 fully saturated rings. The first kappa shape index (κ1) is 37.4. The molecule has 13 rings (SSSR count). The highest BCUT2D eigenvalue weighted by Crippen LogP contribution is 2.64. The van der Waals surface area contributed by atoms with Crippen LogP contribution < -0.4 is 20.6 Å². The van der Waals surface area contributed by atoms with Crippen LogP contribution in [0.1, 0.15) is 97.8 Å². The van der Waals surface area contributed by atoms with E-state index in [0.717, 1.165) is 67.1 Å². The largest absolute Gasteiger partial charge is 0.455 e. The second kappa shape index (κ2) is 12.3. The summed E-state index contributed by atoms with van der Waals surface area (Å²) in [5.41, 5.74) is 20.0. The van der Waals surface area contributed by atoms with Crippen molar-refractivity contribution in [1.82, 2.24) is 0 Å². The fourth-order valence-electron chi connectivity index (χ4n) is 12.6. The van der Waals surface area contributed by atoms with Crippen LogP contribution in [0.2, 0.25) is 0 Å². The SMILES string of the molecule is CC(C)(C)c1ccc(N2B3c4cc(C(C)(C)C)cc5c4N(c4cc6c(oc7ccccc76)c(c43)-c3c2ccc2c3oc3ccccc32)C2(C)CCCCC52C)c(-c2ccccc2)c1.